The van der Waals surface area contributed by atoms with Gasteiger partial charge in [-0.1, -0.05) is 34.1 Å². The maximum Gasteiger partial charge on any atom is 0.138 e. The Kier molecular flexibility index (Phi) is 6.08. The van der Waals surface area contributed by atoms with Crippen molar-refractivity contribution in [3.05, 3.63) is 56.5 Å². The van der Waals surface area contributed by atoms with Crippen LogP contribution in [0.4, 0.5) is 5.69 Å². The number of para-hydroxylation sites is 1. The smallest absolute Gasteiger partial charge is 0.138 e. The van der Waals surface area contributed by atoms with E-state index in [1.165, 1.54) is 0 Å². The Morgan fingerprint density at radius 3 is 2.52 bits per heavy atom. The highest BCUT2D eigenvalue weighted by molar-refractivity contribution is 9.11. The fourth-order valence-corrected chi connectivity index (χ4v) is 3.61. The van der Waals surface area contributed by atoms with Gasteiger partial charge >= 0.3 is 0 Å². The average Bonchev–Trinajstić information content (AvgIpc) is 2.46. The molecule has 0 unspecified atom stereocenters. The normalized spacial score (nSPS) is 10.5. The third-order valence-corrected chi connectivity index (χ3v) is 4.12. The van der Waals surface area contributed by atoms with Crippen molar-refractivity contribution in [2.75, 3.05) is 19.5 Å². The van der Waals surface area contributed by atoms with Crippen LogP contribution < -0.4 is 10.1 Å². The molecule has 0 bridgehead atoms. The number of ether oxygens (including phenoxy) is 2. The average molecular weight is 415 g/mol. The number of methoxy groups -OCH3 is 2. The van der Waals surface area contributed by atoms with Crippen LogP contribution in [0.15, 0.2) is 45.3 Å². The number of hydrogen-bond donors (Lipinski definition) is 1. The lowest BCUT2D eigenvalue weighted by Crippen LogP contribution is -2.05. The summed E-state index contributed by atoms with van der Waals surface area (Å²) in [5.74, 6) is 0.843. The molecule has 0 aliphatic heterocycles. The third-order valence-electron chi connectivity index (χ3n) is 3.08. The summed E-state index contributed by atoms with van der Waals surface area (Å²) in [7, 11) is 3.38. The van der Waals surface area contributed by atoms with Crippen molar-refractivity contribution in [2.24, 2.45) is 0 Å². The maximum absolute atomic E-state index is 5.46. The zero-order valence-corrected chi connectivity index (χ0v) is 15.1. The van der Waals surface area contributed by atoms with Crippen LogP contribution in [0.2, 0.25) is 0 Å². The minimum absolute atomic E-state index is 0.586. The topological polar surface area (TPSA) is 30.5 Å². The molecule has 0 aromatic heterocycles. The highest BCUT2D eigenvalue weighted by Gasteiger charge is 2.10. The van der Waals surface area contributed by atoms with Crippen molar-refractivity contribution in [1.29, 1.82) is 0 Å². The molecule has 0 saturated heterocycles. The first-order valence-corrected chi connectivity index (χ1v) is 8.07. The molecule has 1 N–H and O–H groups in total. The Morgan fingerprint density at radius 1 is 1.05 bits per heavy atom. The van der Waals surface area contributed by atoms with Gasteiger partial charge in [0.25, 0.3) is 0 Å². The maximum atomic E-state index is 5.46. The van der Waals surface area contributed by atoms with Crippen LogP contribution in [0.5, 0.6) is 5.75 Å². The van der Waals surface area contributed by atoms with Crippen molar-refractivity contribution in [3.63, 3.8) is 0 Å². The predicted molar refractivity (Wildman–Crippen MR) is 92.9 cm³/mol. The van der Waals surface area contributed by atoms with Gasteiger partial charge in [-0.25, -0.2) is 0 Å². The van der Waals surface area contributed by atoms with Gasteiger partial charge in [0, 0.05) is 34.9 Å². The van der Waals surface area contributed by atoms with Crippen molar-refractivity contribution >= 4 is 37.5 Å². The molecule has 0 radical (unpaired) electrons. The standard InChI is InChI=1S/C16H17Br2NO2/c1-20-10-11-5-3-4-6-15(11)19-9-12-7-13(17)8-14(18)16(12)21-2/h3-8,19H,9-10H2,1-2H3. The van der Waals surface area contributed by atoms with Gasteiger partial charge in [-0.15, -0.1) is 0 Å². The van der Waals surface area contributed by atoms with Gasteiger partial charge in [0.05, 0.1) is 18.2 Å². The minimum atomic E-state index is 0.586. The Labute approximate surface area is 141 Å². The summed E-state index contributed by atoms with van der Waals surface area (Å²) in [6.45, 7) is 1.25. The van der Waals surface area contributed by atoms with Gasteiger partial charge < -0.3 is 14.8 Å². The highest BCUT2D eigenvalue weighted by atomic mass is 79.9. The summed E-state index contributed by atoms with van der Waals surface area (Å²) >= 11 is 7.03. The number of nitrogens with one attached hydrogen (secondary N) is 1. The van der Waals surface area contributed by atoms with E-state index in [-0.39, 0.29) is 0 Å². The largest absolute Gasteiger partial charge is 0.495 e. The second-order valence-electron chi connectivity index (χ2n) is 4.52. The molecule has 0 heterocycles. The lowest BCUT2D eigenvalue weighted by Gasteiger charge is -2.15. The number of benzene rings is 2. The van der Waals surface area contributed by atoms with Gasteiger partial charge in [0.1, 0.15) is 5.75 Å². The van der Waals surface area contributed by atoms with Gasteiger partial charge in [-0.3, -0.25) is 0 Å². The van der Waals surface area contributed by atoms with Crippen molar-refractivity contribution < 1.29 is 9.47 Å². The summed E-state index contributed by atoms with van der Waals surface area (Å²) < 4.78 is 12.6. The van der Waals surface area contributed by atoms with Crippen LogP contribution >= 0.6 is 31.9 Å². The van der Waals surface area contributed by atoms with Gasteiger partial charge in [0.15, 0.2) is 0 Å². The molecule has 0 aliphatic carbocycles. The molecular formula is C16H17Br2NO2. The van der Waals surface area contributed by atoms with E-state index in [0.717, 1.165) is 31.5 Å². The van der Waals surface area contributed by atoms with E-state index in [2.05, 4.69) is 49.3 Å². The molecule has 0 atom stereocenters. The molecule has 2 aromatic carbocycles. The van der Waals surface area contributed by atoms with Gasteiger partial charge in [-0.2, -0.15) is 0 Å². The number of anilines is 1. The van der Waals surface area contributed by atoms with Gasteiger partial charge in [-0.05, 0) is 34.1 Å². The first-order chi connectivity index (χ1) is 10.2. The van der Waals surface area contributed by atoms with E-state index in [9.17, 15) is 0 Å². The van der Waals surface area contributed by atoms with E-state index in [1.54, 1.807) is 14.2 Å². The number of rotatable bonds is 6. The molecule has 0 aliphatic rings. The molecule has 0 amide bonds. The summed E-state index contributed by atoms with van der Waals surface area (Å²) in [5.41, 5.74) is 3.27. The Morgan fingerprint density at radius 2 is 1.81 bits per heavy atom. The van der Waals surface area contributed by atoms with Crippen LogP contribution in [0, 0.1) is 0 Å². The molecule has 0 spiro atoms. The lowest BCUT2D eigenvalue weighted by atomic mass is 10.1. The molecule has 0 saturated carbocycles. The van der Waals surface area contributed by atoms with E-state index in [4.69, 9.17) is 9.47 Å². The van der Waals surface area contributed by atoms with Crippen LogP contribution in [0.25, 0.3) is 0 Å². The Balaban J connectivity index is 2.20. The van der Waals surface area contributed by atoms with Crippen molar-refractivity contribution in [1.82, 2.24) is 0 Å². The second-order valence-corrected chi connectivity index (χ2v) is 6.29. The number of halogens is 2. The lowest BCUT2D eigenvalue weighted by molar-refractivity contribution is 0.185. The molecule has 2 rings (SSSR count). The molecule has 21 heavy (non-hydrogen) atoms. The van der Waals surface area contributed by atoms with E-state index < -0.39 is 0 Å². The fraction of sp³-hybridized carbons (Fsp3) is 0.250. The highest BCUT2D eigenvalue weighted by Crippen LogP contribution is 2.33. The second kappa shape index (κ2) is 7.82. The summed E-state index contributed by atoms with van der Waals surface area (Å²) in [6.07, 6.45) is 0. The monoisotopic (exact) mass is 413 g/mol. The molecule has 112 valence electrons. The molecule has 5 heteroatoms. The third kappa shape index (κ3) is 4.22. The zero-order valence-electron chi connectivity index (χ0n) is 12.0. The zero-order chi connectivity index (χ0) is 15.2. The minimum Gasteiger partial charge on any atom is -0.495 e. The van der Waals surface area contributed by atoms with E-state index in [1.807, 2.05) is 24.3 Å². The van der Waals surface area contributed by atoms with Crippen LogP contribution in [-0.4, -0.2) is 14.2 Å². The first-order valence-electron chi connectivity index (χ1n) is 6.48. The number of hydrogen-bond acceptors (Lipinski definition) is 3. The molecule has 3 nitrogen and oxygen atoms in total. The van der Waals surface area contributed by atoms with E-state index >= 15 is 0 Å². The predicted octanol–water partition coefficient (Wildman–Crippen LogP) is 4.98. The Hall–Kier alpha value is -1.04. The summed E-state index contributed by atoms with van der Waals surface area (Å²) in [6, 6.07) is 12.1. The van der Waals surface area contributed by atoms with Crippen LogP contribution in [0.1, 0.15) is 11.1 Å². The van der Waals surface area contributed by atoms with Crippen molar-refractivity contribution in [2.45, 2.75) is 13.2 Å². The fourth-order valence-electron chi connectivity index (χ4n) is 2.14. The quantitative estimate of drug-likeness (QED) is 0.722. The van der Waals surface area contributed by atoms with Crippen molar-refractivity contribution in [3.8, 4) is 5.75 Å². The van der Waals surface area contributed by atoms with E-state index in [0.29, 0.717) is 13.2 Å². The molecule has 0 fully saturated rings. The van der Waals surface area contributed by atoms with Crippen LogP contribution in [0.3, 0.4) is 0 Å². The summed E-state index contributed by atoms with van der Waals surface area (Å²) in [4.78, 5) is 0. The first kappa shape index (κ1) is 16.3. The van der Waals surface area contributed by atoms with Gasteiger partial charge in [0.2, 0.25) is 0 Å². The Bertz CT molecular complexity index is 617. The SMILES string of the molecule is COCc1ccccc1NCc1cc(Br)cc(Br)c1OC. The molecule has 2 aromatic rings. The summed E-state index contributed by atoms with van der Waals surface area (Å²) in [5, 5.41) is 3.44. The molecular weight excluding hydrogens is 398 g/mol. The van der Waals surface area contributed by atoms with Crippen LogP contribution in [-0.2, 0) is 17.9 Å².